The van der Waals surface area contributed by atoms with Gasteiger partial charge in [0.05, 0.1) is 18.9 Å². The third kappa shape index (κ3) is 7.55. The zero-order valence-electron chi connectivity index (χ0n) is 18.3. The quantitative estimate of drug-likeness (QED) is 0.315. The van der Waals surface area contributed by atoms with Crippen molar-refractivity contribution in [3.8, 4) is 5.69 Å². The van der Waals surface area contributed by atoms with Gasteiger partial charge in [-0.2, -0.15) is 5.10 Å². The number of rotatable bonds is 8. The zero-order chi connectivity index (χ0) is 20.5. The molecule has 1 aliphatic heterocycles. The van der Waals surface area contributed by atoms with Crippen molar-refractivity contribution < 1.29 is 4.74 Å². The Morgan fingerprint density at radius 3 is 2.67 bits per heavy atom. The van der Waals surface area contributed by atoms with E-state index in [2.05, 4.69) is 63.7 Å². The molecule has 1 unspecified atom stereocenters. The molecule has 1 aliphatic rings. The van der Waals surface area contributed by atoms with Gasteiger partial charge in [-0.1, -0.05) is 26.0 Å². The van der Waals surface area contributed by atoms with Crippen LogP contribution in [0.4, 0.5) is 0 Å². The minimum atomic E-state index is 0. The Hall–Kier alpha value is -1.65. The number of hydrogen-bond donors (Lipinski definition) is 2. The molecule has 0 saturated carbocycles. The minimum Gasteiger partial charge on any atom is -0.379 e. The van der Waals surface area contributed by atoms with Crippen LogP contribution in [0.25, 0.3) is 5.69 Å². The summed E-state index contributed by atoms with van der Waals surface area (Å²) in [5.41, 5.74) is 2.24. The summed E-state index contributed by atoms with van der Waals surface area (Å²) in [5, 5.41) is 11.3. The number of aromatic nitrogens is 2. The van der Waals surface area contributed by atoms with Gasteiger partial charge in [-0.25, -0.2) is 4.68 Å². The number of guanidine groups is 1. The molecule has 3 rings (SSSR count). The number of ether oxygens (including phenoxy) is 1. The maximum absolute atomic E-state index is 5.52. The first-order chi connectivity index (χ1) is 14.2. The van der Waals surface area contributed by atoms with Gasteiger partial charge in [0.25, 0.3) is 0 Å². The van der Waals surface area contributed by atoms with E-state index in [1.807, 2.05) is 24.0 Å². The summed E-state index contributed by atoms with van der Waals surface area (Å²) in [6.45, 7) is 9.82. The molecule has 0 amide bonds. The first-order valence-corrected chi connectivity index (χ1v) is 10.5. The number of nitrogens with one attached hydrogen (secondary N) is 2. The second-order valence-electron chi connectivity index (χ2n) is 7.86. The van der Waals surface area contributed by atoms with Crippen LogP contribution in [0.1, 0.15) is 25.8 Å². The van der Waals surface area contributed by atoms with Crippen molar-refractivity contribution in [1.29, 1.82) is 0 Å². The fraction of sp³-hybridized carbons (Fsp3) is 0.545. The van der Waals surface area contributed by atoms with E-state index >= 15 is 0 Å². The summed E-state index contributed by atoms with van der Waals surface area (Å²) in [5.74, 6) is 1.49. The predicted molar refractivity (Wildman–Crippen MR) is 133 cm³/mol. The molecule has 166 valence electrons. The summed E-state index contributed by atoms with van der Waals surface area (Å²) in [6.07, 6.45) is 4.90. The van der Waals surface area contributed by atoms with Gasteiger partial charge < -0.3 is 15.4 Å². The molecule has 30 heavy (non-hydrogen) atoms. The monoisotopic (exact) mass is 526 g/mol. The van der Waals surface area contributed by atoms with Crippen LogP contribution in [0, 0.1) is 5.92 Å². The van der Waals surface area contributed by atoms with Crippen LogP contribution < -0.4 is 10.6 Å². The largest absolute Gasteiger partial charge is 0.379 e. The average Bonchev–Trinajstić information content (AvgIpc) is 3.28. The van der Waals surface area contributed by atoms with Crippen molar-refractivity contribution in [1.82, 2.24) is 25.3 Å². The van der Waals surface area contributed by atoms with E-state index in [4.69, 9.17) is 4.74 Å². The zero-order valence-corrected chi connectivity index (χ0v) is 20.6. The van der Waals surface area contributed by atoms with E-state index in [0.717, 1.165) is 50.9 Å². The highest BCUT2D eigenvalue weighted by molar-refractivity contribution is 14.0. The molecule has 8 heteroatoms. The lowest BCUT2D eigenvalue weighted by molar-refractivity contribution is 0.0132. The Kier molecular flexibility index (Phi) is 10.6. The fourth-order valence-corrected chi connectivity index (χ4v) is 3.70. The van der Waals surface area contributed by atoms with E-state index in [-0.39, 0.29) is 24.0 Å². The summed E-state index contributed by atoms with van der Waals surface area (Å²) < 4.78 is 7.39. The Balaban J connectivity index is 0.00000320. The van der Waals surface area contributed by atoms with Gasteiger partial charge in [0.15, 0.2) is 5.96 Å². The minimum absolute atomic E-state index is 0. The molecule has 2 heterocycles. The molecule has 0 aliphatic carbocycles. The second kappa shape index (κ2) is 12.9. The van der Waals surface area contributed by atoms with Crippen LogP contribution in [0.5, 0.6) is 0 Å². The molecule has 1 aromatic carbocycles. The lowest BCUT2D eigenvalue weighted by atomic mass is 10.0. The van der Waals surface area contributed by atoms with Crippen LogP contribution in [0.15, 0.2) is 47.7 Å². The Bertz CT molecular complexity index is 759. The van der Waals surface area contributed by atoms with Crippen molar-refractivity contribution in [2.24, 2.45) is 10.9 Å². The van der Waals surface area contributed by atoms with Gasteiger partial charge in [0, 0.05) is 51.7 Å². The normalized spacial score (nSPS) is 16.2. The highest BCUT2D eigenvalue weighted by atomic mass is 127. The SMILES string of the molecule is CN=C(NCc1cccc(-n2cccn2)c1)NCC(CC(C)C)N1CCOCC1.I. The summed E-state index contributed by atoms with van der Waals surface area (Å²) >= 11 is 0. The van der Waals surface area contributed by atoms with E-state index in [9.17, 15) is 0 Å². The molecule has 1 aromatic heterocycles. The van der Waals surface area contributed by atoms with E-state index in [1.165, 1.54) is 5.56 Å². The molecular formula is C22H35IN6O. The Labute approximate surface area is 197 Å². The lowest BCUT2D eigenvalue weighted by Crippen LogP contribution is -2.50. The number of halogens is 1. The summed E-state index contributed by atoms with van der Waals surface area (Å²) in [4.78, 5) is 6.94. The average molecular weight is 526 g/mol. The molecule has 1 fully saturated rings. The van der Waals surface area contributed by atoms with Gasteiger partial charge in [0.1, 0.15) is 0 Å². The van der Waals surface area contributed by atoms with E-state index in [1.54, 1.807) is 6.20 Å². The number of hydrogen-bond acceptors (Lipinski definition) is 4. The maximum atomic E-state index is 5.52. The van der Waals surface area contributed by atoms with Crippen molar-refractivity contribution in [3.63, 3.8) is 0 Å². The molecule has 0 radical (unpaired) electrons. The van der Waals surface area contributed by atoms with Crippen molar-refractivity contribution >= 4 is 29.9 Å². The second-order valence-corrected chi connectivity index (χ2v) is 7.86. The third-order valence-electron chi connectivity index (χ3n) is 5.17. The maximum Gasteiger partial charge on any atom is 0.191 e. The van der Waals surface area contributed by atoms with Crippen LogP contribution in [0.3, 0.4) is 0 Å². The topological polar surface area (TPSA) is 66.7 Å². The Morgan fingerprint density at radius 2 is 2.00 bits per heavy atom. The molecule has 1 saturated heterocycles. The Morgan fingerprint density at radius 1 is 1.20 bits per heavy atom. The molecule has 0 spiro atoms. The van der Waals surface area contributed by atoms with E-state index < -0.39 is 0 Å². The number of morpholine rings is 1. The summed E-state index contributed by atoms with van der Waals surface area (Å²) in [6, 6.07) is 10.8. The number of nitrogens with zero attached hydrogens (tertiary/aromatic N) is 4. The molecular weight excluding hydrogens is 491 g/mol. The highest BCUT2D eigenvalue weighted by Gasteiger charge is 2.22. The molecule has 7 nitrogen and oxygen atoms in total. The first-order valence-electron chi connectivity index (χ1n) is 10.5. The summed E-state index contributed by atoms with van der Waals surface area (Å²) in [7, 11) is 1.82. The number of benzene rings is 1. The molecule has 2 N–H and O–H groups in total. The van der Waals surface area contributed by atoms with Gasteiger partial charge in [0.2, 0.25) is 0 Å². The van der Waals surface area contributed by atoms with Gasteiger partial charge in [-0.3, -0.25) is 9.89 Å². The predicted octanol–water partition coefficient (Wildman–Crippen LogP) is 2.90. The smallest absolute Gasteiger partial charge is 0.191 e. The fourth-order valence-electron chi connectivity index (χ4n) is 3.70. The van der Waals surface area contributed by atoms with E-state index in [0.29, 0.717) is 18.5 Å². The number of aliphatic imine (C=N–C) groups is 1. The van der Waals surface area contributed by atoms with Crippen molar-refractivity contribution in [2.45, 2.75) is 32.9 Å². The first kappa shape index (κ1) is 24.6. The molecule has 2 aromatic rings. The van der Waals surface area contributed by atoms with Crippen LogP contribution in [-0.2, 0) is 11.3 Å². The van der Waals surface area contributed by atoms with Crippen LogP contribution in [-0.4, -0.2) is 66.6 Å². The lowest BCUT2D eigenvalue weighted by Gasteiger charge is -2.35. The standard InChI is InChI=1S/C22H34N6O.HI/c1-18(2)14-21(27-10-12-29-13-11-27)17-25-22(23-3)24-16-19-6-4-7-20(15-19)28-9-5-8-26-28;/h4-9,15,18,21H,10-14,16-17H2,1-3H3,(H2,23,24,25);1H. The van der Waals surface area contributed by atoms with Crippen LogP contribution >= 0.6 is 24.0 Å². The van der Waals surface area contributed by atoms with Gasteiger partial charge in [-0.05, 0) is 36.1 Å². The third-order valence-corrected chi connectivity index (χ3v) is 5.17. The molecule has 0 bridgehead atoms. The molecule has 1 atom stereocenters. The van der Waals surface area contributed by atoms with Gasteiger partial charge in [-0.15, -0.1) is 24.0 Å². The van der Waals surface area contributed by atoms with Crippen molar-refractivity contribution in [2.75, 3.05) is 39.9 Å². The van der Waals surface area contributed by atoms with Crippen LogP contribution in [0.2, 0.25) is 0 Å². The highest BCUT2D eigenvalue weighted by Crippen LogP contribution is 2.13. The van der Waals surface area contributed by atoms with Crippen molar-refractivity contribution in [3.05, 3.63) is 48.3 Å². The van der Waals surface area contributed by atoms with Gasteiger partial charge >= 0.3 is 0 Å².